The van der Waals surface area contributed by atoms with Crippen molar-refractivity contribution in [3.8, 4) is 5.75 Å². The van der Waals surface area contributed by atoms with Crippen LogP contribution in [0.3, 0.4) is 0 Å². The van der Waals surface area contributed by atoms with E-state index in [-0.39, 0.29) is 17.7 Å². The number of rotatable bonds is 6. The molecule has 1 fully saturated rings. The molecule has 3 aromatic rings. The fourth-order valence-electron chi connectivity index (χ4n) is 3.22. The molecule has 2 amide bonds. The van der Waals surface area contributed by atoms with Crippen LogP contribution in [0.25, 0.3) is 6.08 Å². The van der Waals surface area contributed by atoms with Gasteiger partial charge in [0.2, 0.25) is 0 Å². The van der Waals surface area contributed by atoms with E-state index >= 15 is 0 Å². The Labute approximate surface area is 190 Å². The number of nitrogens with zero attached hydrogens (tertiary/aromatic N) is 1. The summed E-state index contributed by atoms with van der Waals surface area (Å²) in [6.45, 7) is 2.67. The molecule has 4 nitrogen and oxygen atoms in total. The number of halogens is 1. The first-order valence-electron chi connectivity index (χ1n) is 9.76. The van der Waals surface area contributed by atoms with Crippen molar-refractivity contribution in [2.45, 2.75) is 20.1 Å². The van der Waals surface area contributed by atoms with Crippen LogP contribution in [0.2, 0.25) is 5.02 Å². The molecule has 0 bridgehead atoms. The molecule has 1 heterocycles. The minimum Gasteiger partial charge on any atom is -0.489 e. The van der Waals surface area contributed by atoms with Crippen LogP contribution in [0, 0.1) is 6.92 Å². The molecule has 1 aliphatic heterocycles. The van der Waals surface area contributed by atoms with Gasteiger partial charge in [0.15, 0.2) is 0 Å². The summed E-state index contributed by atoms with van der Waals surface area (Å²) in [5.41, 5.74) is 3.83. The zero-order chi connectivity index (χ0) is 21.8. The van der Waals surface area contributed by atoms with E-state index in [9.17, 15) is 9.59 Å². The summed E-state index contributed by atoms with van der Waals surface area (Å²) in [6.07, 6.45) is 1.73. The molecule has 156 valence electrons. The maximum absolute atomic E-state index is 12.8. The summed E-state index contributed by atoms with van der Waals surface area (Å²) in [4.78, 5) is 26.9. The predicted molar refractivity (Wildman–Crippen MR) is 125 cm³/mol. The first kappa shape index (κ1) is 21.2. The van der Waals surface area contributed by atoms with Crippen LogP contribution in [0.4, 0.5) is 4.79 Å². The molecule has 0 N–H and O–H groups in total. The van der Waals surface area contributed by atoms with Crippen molar-refractivity contribution in [3.05, 3.63) is 105 Å². The van der Waals surface area contributed by atoms with Crippen molar-refractivity contribution in [1.29, 1.82) is 0 Å². The van der Waals surface area contributed by atoms with Crippen LogP contribution in [0.5, 0.6) is 5.75 Å². The van der Waals surface area contributed by atoms with Crippen molar-refractivity contribution in [1.82, 2.24) is 4.90 Å². The highest BCUT2D eigenvalue weighted by Gasteiger charge is 2.34. The number of aryl methyl sites for hydroxylation is 1. The van der Waals surface area contributed by atoms with Crippen molar-refractivity contribution in [2.75, 3.05) is 0 Å². The number of hydrogen-bond donors (Lipinski definition) is 0. The standard InChI is InChI=1S/C25H20ClNO3S/c1-17-4-2-6-20(12-17)15-27-24(28)23(31-25(27)29)14-19-5-3-7-22(13-19)30-16-18-8-10-21(26)11-9-18/h2-14H,15-16H2,1H3/b23-14+. The predicted octanol–water partition coefficient (Wildman–Crippen LogP) is 6.46. The van der Waals surface area contributed by atoms with Crippen molar-refractivity contribution < 1.29 is 14.3 Å². The van der Waals surface area contributed by atoms with E-state index in [2.05, 4.69) is 0 Å². The largest absolute Gasteiger partial charge is 0.489 e. The van der Waals surface area contributed by atoms with E-state index in [1.54, 1.807) is 6.08 Å². The van der Waals surface area contributed by atoms with Gasteiger partial charge in [-0.2, -0.15) is 0 Å². The second-order valence-corrected chi connectivity index (χ2v) is 8.67. The molecule has 0 saturated carbocycles. The molecule has 0 radical (unpaired) electrons. The highest BCUT2D eigenvalue weighted by Crippen LogP contribution is 2.33. The van der Waals surface area contributed by atoms with Gasteiger partial charge in [0.1, 0.15) is 12.4 Å². The highest BCUT2D eigenvalue weighted by molar-refractivity contribution is 8.18. The molecular weight excluding hydrogens is 430 g/mol. The second kappa shape index (κ2) is 9.41. The van der Waals surface area contributed by atoms with Crippen LogP contribution in [-0.2, 0) is 17.9 Å². The van der Waals surface area contributed by atoms with Crippen molar-refractivity contribution >= 4 is 40.6 Å². The van der Waals surface area contributed by atoms with E-state index in [0.29, 0.717) is 22.3 Å². The maximum atomic E-state index is 12.8. The third-order valence-electron chi connectivity index (χ3n) is 4.77. The summed E-state index contributed by atoms with van der Waals surface area (Å²) < 4.78 is 5.85. The molecule has 0 spiro atoms. The Morgan fingerprint density at radius 3 is 2.52 bits per heavy atom. The molecule has 4 rings (SSSR count). The lowest BCUT2D eigenvalue weighted by atomic mass is 10.1. The molecule has 1 aliphatic rings. The molecule has 31 heavy (non-hydrogen) atoms. The normalized spacial score (nSPS) is 15.0. The van der Waals surface area contributed by atoms with Gasteiger partial charge in [-0.1, -0.05) is 65.7 Å². The molecule has 1 saturated heterocycles. The van der Waals surface area contributed by atoms with Gasteiger partial charge in [0.25, 0.3) is 11.1 Å². The zero-order valence-electron chi connectivity index (χ0n) is 16.9. The van der Waals surface area contributed by atoms with Crippen LogP contribution < -0.4 is 4.74 Å². The van der Waals surface area contributed by atoms with E-state index in [0.717, 1.165) is 34.0 Å². The van der Waals surface area contributed by atoms with Crippen molar-refractivity contribution in [2.24, 2.45) is 0 Å². The highest BCUT2D eigenvalue weighted by atomic mass is 35.5. The van der Waals surface area contributed by atoms with Crippen LogP contribution in [0.15, 0.2) is 77.7 Å². The SMILES string of the molecule is Cc1cccc(CN2C(=O)S/C(=C/c3cccc(OCc4ccc(Cl)cc4)c3)C2=O)c1. The number of ether oxygens (including phenoxy) is 1. The number of carbonyl (C=O) groups excluding carboxylic acids is 2. The van der Waals surface area contributed by atoms with Gasteiger partial charge in [-0.05, 0) is 65.7 Å². The Bertz CT molecular complexity index is 1160. The van der Waals surface area contributed by atoms with E-state index < -0.39 is 0 Å². The van der Waals surface area contributed by atoms with E-state index in [1.807, 2.05) is 79.7 Å². The van der Waals surface area contributed by atoms with E-state index in [1.165, 1.54) is 4.90 Å². The van der Waals surface area contributed by atoms with Gasteiger partial charge in [-0.3, -0.25) is 14.5 Å². The van der Waals surface area contributed by atoms with Crippen molar-refractivity contribution in [3.63, 3.8) is 0 Å². The first-order chi connectivity index (χ1) is 15.0. The lowest BCUT2D eigenvalue weighted by Crippen LogP contribution is -2.27. The van der Waals surface area contributed by atoms with Gasteiger partial charge in [-0.25, -0.2) is 0 Å². The van der Waals surface area contributed by atoms with Gasteiger partial charge in [0.05, 0.1) is 11.4 Å². The molecule has 3 aromatic carbocycles. The minimum atomic E-state index is -0.274. The summed E-state index contributed by atoms with van der Waals surface area (Å²) in [7, 11) is 0. The van der Waals surface area contributed by atoms with Gasteiger partial charge in [-0.15, -0.1) is 0 Å². The lowest BCUT2D eigenvalue weighted by molar-refractivity contribution is -0.123. The Balaban J connectivity index is 1.45. The Hall–Kier alpha value is -3.02. The number of carbonyl (C=O) groups is 2. The quantitative estimate of drug-likeness (QED) is 0.405. The number of thioether (sulfide) groups is 1. The van der Waals surface area contributed by atoms with Gasteiger partial charge >= 0.3 is 0 Å². The van der Waals surface area contributed by atoms with Crippen LogP contribution >= 0.6 is 23.4 Å². The minimum absolute atomic E-state index is 0.257. The Morgan fingerprint density at radius 1 is 0.968 bits per heavy atom. The lowest BCUT2D eigenvalue weighted by Gasteiger charge is -2.12. The summed E-state index contributed by atoms with van der Waals surface area (Å²) in [6, 6.07) is 22.7. The fraction of sp³-hybridized carbons (Fsp3) is 0.120. The number of amides is 2. The average molecular weight is 450 g/mol. The third-order valence-corrected chi connectivity index (χ3v) is 5.93. The molecule has 0 aromatic heterocycles. The Kier molecular flexibility index (Phi) is 6.44. The van der Waals surface area contributed by atoms with Gasteiger partial charge < -0.3 is 4.74 Å². The fourth-order valence-corrected chi connectivity index (χ4v) is 4.19. The average Bonchev–Trinajstić information content (AvgIpc) is 3.01. The monoisotopic (exact) mass is 449 g/mol. The first-order valence-corrected chi connectivity index (χ1v) is 11.0. The molecule has 0 unspecified atom stereocenters. The molecule has 0 atom stereocenters. The number of imide groups is 1. The number of benzene rings is 3. The Morgan fingerprint density at radius 2 is 1.74 bits per heavy atom. The second-order valence-electron chi connectivity index (χ2n) is 7.24. The third kappa shape index (κ3) is 5.37. The van der Waals surface area contributed by atoms with Gasteiger partial charge in [0, 0.05) is 5.02 Å². The summed E-state index contributed by atoms with van der Waals surface area (Å²) in [5, 5.41) is 0.426. The van der Waals surface area contributed by atoms with E-state index in [4.69, 9.17) is 16.3 Å². The topological polar surface area (TPSA) is 46.6 Å². The maximum Gasteiger partial charge on any atom is 0.293 e. The van der Waals surface area contributed by atoms with Crippen LogP contribution in [-0.4, -0.2) is 16.0 Å². The zero-order valence-corrected chi connectivity index (χ0v) is 18.5. The number of hydrogen-bond acceptors (Lipinski definition) is 4. The molecule has 6 heteroatoms. The summed E-state index contributed by atoms with van der Waals surface area (Å²) in [5.74, 6) is 0.409. The smallest absolute Gasteiger partial charge is 0.293 e. The molecular formula is C25H20ClNO3S. The van der Waals surface area contributed by atoms with Crippen LogP contribution in [0.1, 0.15) is 22.3 Å². The molecule has 0 aliphatic carbocycles. The summed E-state index contributed by atoms with van der Waals surface area (Å²) >= 11 is 6.87.